The van der Waals surface area contributed by atoms with E-state index in [1.54, 1.807) is 10.9 Å². The van der Waals surface area contributed by atoms with Gasteiger partial charge in [0, 0.05) is 12.1 Å². The van der Waals surface area contributed by atoms with E-state index >= 15 is 0 Å². The van der Waals surface area contributed by atoms with Crippen molar-refractivity contribution in [1.29, 1.82) is 0 Å². The van der Waals surface area contributed by atoms with Gasteiger partial charge in [-0.05, 0) is 24.1 Å². The number of hydrogen-bond donors (Lipinski definition) is 2. The molecular formula is C11H14ClN5. The van der Waals surface area contributed by atoms with Crippen molar-refractivity contribution in [2.75, 3.05) is 0 Å². The Morgan fingerprint density at radius 1 is 1.53 bits per heavy atom. The van der Waals surface area contributed by atoms with Crippen molar-refractivity contribution >= 4 is 11.6 Å². The first-order chi connectivity index (χ1) is 8.20. The number of nitrogens with zero attached hydrogens (tertiary/aromatic N) is 3. The summed E-state index contributed by atoms with van der Waals surface area (Å²) in [6, 6.07) is 7.68. The molecule has 6 heteroatoms. The van der Waals surface area contributed by atoms with Gasteiger partial charge in [0.05, 0.1) is 17.9 Å². The molecule has 1 unspecified atom stereocenters. The summed E-state index contributed by atoms with van der Waals surface area (Å²) in [5, 5.41) is 8.45. The van der Waals surface area contributed by atoms with Crippen LogP contribution in [0.1, 0.15) is 17.3 Å². The van der Waals surface area contributed by atoms with Gasteiger partial charge in [0.1, 0.15) is 0 Å². The molecule has 17 heavy (non-hydrogen) atoms. The maximum atomic E-state index is 5.95. The molecule has 0 aliphatic heterocycles. The van der Waals surface area contributed by atoms with Crippen LogP contribution in [0, 0.1) is 0 Å². The summed E-state index contributed by atoms with van der Waals surface area (Å²) in [6.45, 7) is 0. The average Bonchev–Trinajstić information content (AvgIpc) is 2.72. The van der Waals surface area contributed by atoms with Gasteiger partial charge >= 0.3 is 0 Å². The van der Waals surface area contributed by atoms with E-state index in [1.807, 2.05) is 31.3 Å². The van der Waals surface area contributed by atoms with Crippen LogP contribution in [0.2, 0.25) is 5.02 Å². The summed E-state index contributed by atoms with van der Waals surface area (Å²) in [6.07, 6.45) is 2.44. The van der Waals surface area contributed by atoms with E-state index in [0.29, 0.717) is 0 Å². The summed E-state index contributed by atoms with van der Waals surface area (Å²) in [7, 11) is 1.84. The molecule has 1 aromatic heterocycles. The SMILES string of the molecule is Cn1nncc1C(Cc1cccc(Cl)c1)NN. The Labute approximate surface area is 105 Å². The van der Waals surface area contributed by atoms with Gasteiger partial charge < -0.3 is 0 Å². The minimum absolute atomic E-state index is 0.0338. The lowest BCUT2D eigenvalue weighted by Gasteiger charge is -2.15. The molecule has 0 aliphatic rings. The molecule has 0 spiro atoms. The number of nitrogens with two attached hydrogens (primary N) is 1. The Morgan fingerprint density at radius 2 is 2.35 bits per heavy atom. The average molecular weight is 252 g/mol. The number of aryl methyl sites for hydroxylation is 1. The first-order valence-corrected chi connectivity index (χ1v) is 5.63. The molecule has 1 aromatic carbocycles. The van der Waals surface area contributed by atoms with Crippen LogP contribution in [-0.4, -0.2) is 15.0 Å². The molecule has 0 radical (unpaired) electrons. The predicted molar refractivity (Wildman–Crippen MR) is 66.2 cm³/mol. The third-order valence-electron chi connectivity index (χ3n) is 2.64. The lowest BCUT2D eigenvalue weighted by molar-refractivity contribution is 0.507. The highest BCUT2D eigenvalue weighted by Crippen LogP contribution is 2.18. The van der Waals surface area contributed by atoms with Crippen molar-refractivity contribution < 1.29 is 0 Å². The van der Waals surface area contributed by atoms with Crippen molar-refractivity contribution in [2.45, 2.75) is 12.5 Å². The Balaban J connectivity index is 2.19. The minimum Gasteiger partial charge on any atom is -0.271 e. The Bertz CT molecular complexity index is 496. The second-order valence-electron chi connectivity index (χ2n) is 3.84. The quantitative estimate of drug-likeness (QED) is 0.633. The van der Waals surface area contributed by atoms with E-state index in [9.17, 15) is 0 Å². The molecule has 0 amide bonds. The van der Waals surface area contributed by atoms with Crippen molar-refractivity contribution in [3.05, 3.63) is 46.7 Å². The largest absolute Gasteiger partial charge is 0.271 e. The Morgan fingerprint density at radius 3 is 2.94 bits per heavy atom. The van der Waals surface area contributed by atoms with E-state index in [1.165, 1.54) is 0 Å². The molecule has 2 rings (SSSR count). The molecule has 1 atom stereocenters. The van der Waals surface area contributed by atoms with Gasteiger partial charge in [0.2, 0.25) is 0 Å². The highest BCUT2D eigenvalue weighted by atomic mass is 35.5. The maximum Gasteiger partial charge on any atom is 0.0770 e. The molecule has 2 aromatic rings. The van der Waals surface area contributed by atoms with Gasteiger partial charge in [-0.2, -0.15) is 0 Å². The topological polar surface area (TPSA) is 68.8 Å². The van der Waals surface area contributed by atoms with Crippen LogP contribution in [0.25, 0.3) is 0 Å². The standard InChI is InChI=1S/C11H14ClN5/c1-17-11(7-14-16-17)10(15-13)6-8-3-2-4-9(12)5-8/h2-5,7,10,15H,6,13H2,1H3. The first-order valence-electron chi connectivity index (χ1n) is 5.26. The van der Waals surface area contributed by atoms with Crippen LogP contribution in [0.3, 0.4) is 0 Å². The fourth-order valence-corrected chi connectivity index (χ4v) is 1.97. The molecule has 0 fully saturated rings. The van der Waals surface area contributed by atoms with Crippen molar-refractivity contribution in [3.8, 4) is 0 Å². The van der Waals surface area contributed by atoms with Gasteiger partial charge in [-0.15, -0.1) is 5.10 Å². The number of nitrogens with one attached hydrogen (secondary N) is 1. The lowest BCUT2D eigenvalue weighted by Crippen LogP contribution is -2.31. The van der Waals surface area contributed by atoms with Crippen molar-refractivity contribution in [3.63, 3.8) is 0 Å². The summed E-state index contributed by atoms with van der Waals surface area (Å²) in [5.74, 6) is 5.57. The van der Waals surface area contributed by atoms with Crippen LogP contribution in [0.15, 0.2) is 30.5 Å². The predicted octanol–water partition coefficient (Wildman–Crippen LogP) is 1.22. The molecule has 0 aliphatic carbocycles. The van der Waals surface area contributed by atoms with Crippen LogP contribution in [-0.2, 0) is 13.5 Å². The van der Waals surface area contributed by atoms with E-state index in [-0.39, 0.29) is 6.04 Å². The van der Waals surface area contributed by atoms with E-state index in [0.717, 1.165) is 22.7 Å². The minimum atomic E-state index is -0.0338. The highest BCUT2D eigenvalue weighted by molar-refractivity contribution is 6.30. The van der Waals surface area contributed by atoms with E-state index < -0.39 is 0 Å². The number of rotatable bonds is 4. The van der Waals surface area contributed by atoms with Gasteiger partial charge in [-0.1, -0.05) is 28.9 Å². The monoisotopic (exact) mass is 251 g/mol. The maximum absolute atomic E-state index is 5.95. The van der Waals surface area contributed by atoms with Crippen LogP contribution in [0.5, 0.6) is 0 Å². The molecule has 0 bridgehead atoms. The van der Waals surface area contributed by atoms with E-state index in [4.69, 9.17) is 17.4 Å². The lowest BCUT2D eigenvalue weighted by atomic mass is 10.0. The van der Waals surface area contributed by atoms with Gasteiger partial charge in [-0.25, -0.2) is 0 Å². The van der Waals surface area contributed by atoms with Crippen LogP contribution < -0.4 is 11.3 Å². The number of hydrazine groups is 1. The van der Waals surface area contributed by atoms with E-state index in [2.05, 4.69) is 15.7 Å². The number of hydrogen-bond acceptors (Lipinski definition) is 4. The van der Waals surface area contributed by atoms with Crippen LogP contribution in [0.4, 0.5) is 0 Å². The number of benzene rings is 1. The molecule has 90 valence electrons. The molecule has 3 N–H and O–H groups in total. The summed E-state index contributed by atoms with van der Waals surface area (Å²) in [5.41, 5.74) is 4.82. The molecule has 0 saturated heterocycles. The summed E-state index contributed by atoms with van der Waals surface area (Å²) in [4.78, 5) is 0. The third kappa shape index (κ3) is 2.82. The molecular weight excluding hydrogens is 238 g/mol. The molecule has 1 heterocycles. The Kier molecular flexibility index (Phi) is 3.73. The summed E-state index contributed by atoms with van der Waals surface area (Å²) < 4.78 is 1.70. The Hall–Kier alpha value is -1.43. The molecule has 5 nitrogen and oxygen atoms in total. The zero-order valence-corrected chi connectivity index (χ0v) is 10.2. The highest BCUT2D eigenvalue weighted by Gasteiger charge is 2.14. The van der Waals surface area contributed by atoms with Gasteiger partial charge in [0.15, 0.2) is 0 Å². The van der Waals surface area contributed by atoms with Crippen LogP contribution >= 0.6 is 11.6 Å². The third-order valence-corrected chi connectivity index (χ3v) is 2.87. The molecule has 0 saturated carbocycles. The second-order valence-corrected chi connectivity index (χ2v) is 4.27. The second kappa shape index (κ2) is 5.27. The van der Waals surface area contributed by atoms with Gasteiger partial charge in [0.25, 0.3) is 0 Å². The van der Waals surface area contributed by atoms with Crippen molar-refractivity contribution in [2.24, 2.45) is 12.9 Å². The normalized spacial score (nSPS) is 12.6. The van der Waals surface area contributed by atoms with Crippen molar-refractivity contribution in [1.82, 2.24) is 20.4 Å². The zero-order chi connectivity index (χ0) is 12.3. The smallest absolute Gasteiger partial charge is 0.0770 e. The number of halogens is 1. The first kappa shape index (κ1) is 12.0. The fourth-order valence-electron chi connectivity index (χ4n) is 1.76. The van der Waals surface area contributed by atoms with Gasteiger partial charge in [-0.3, -0.25) is 16.0 Å². The number of aromatic nitrogens is 3. The zero-order valence-electron chi connectivity index (χ0n) is 9.47. The fraction of sp³-hybridized carbons (Fsp3) is 0.273. The summed E-state index contributed by atoms with van der Waals surface area (Å²) >= 11 is 5.95.